The number of carbonyl (C=O) groups excluding carboxylic acids is 1. The number of aromatic nitrogens is 2. The minimum Gasteiger partial charge on any atom is -0.455 e. The maximum Gasteiger partial charge on any atom is 0.293 e. The Morgan fingerprint density at radius 2 is 1.87 bits per heavy atom. The molecule has 0 radical (unpaired) electrons. The molecule has 5 N–H and O–H groups in total. The van der Waals surface area contributed by atoms with Crippen molar-refractivity contribution in [2.45, 2.75) is 62.4 Å². The molecule has 14 nitrogen and oxygen atoms in total. The maximum absolute atomic E-state index is 13.8. The normalized spacial score (nSPS) is 18.4. The third-order valence-corrected chi connectivity index (χ3v) is 13.7. The highest BCUT2D eigenvalue weighted by Gasteiger charge is 2.50. The van der Waals surface area contributed by atoms with Crippen LogP contribution >= 0.6 is 11.9 Å². The first-order valence-corrected chi connectivity index (χ1v) is 22.3. The smallest absolute Gasteiger partial charge is 0.293 e. The highest BCUT2D eigenvalue weighted by Crippen LogP contribution is 2.53. The van der Waals surface area contributed by atoms with Crippen molar-refractivity contribution in [3.63, 3.8) is 0 Å². The van der Waals surface area contributed by atoms with Gasteiger partial charge in [0, 0.05) is 112 Å². The van der Waals surface area contributed by atoms with E-state index in [1.807, 2.05) is 43.7 Å². The lowest BCUT2D eigenvalue weighted by Crippen LogP contribution is -2.60. The number of amides is 1. The number of H-pyrrole nitrogens is 1. The number of rotatable bonds is 15. The molecule has 3 aromatic carbocycles. The molecule has 4 heterocycles. The van der Waals surface area contributed by atoms with Crippen LogP contribution in [-0.4, -0.2) is 96.2 Å². The first kappa shape index (κ1) is 42.8. The lowest BCUT2D eigenvalue weighted by molar-refractivity contribution is -0.384. The number of nitrogens with zero attached hydrogens (tertiary/aromatic N) is 5. The Morgan fingerprint density at radius 1 is 1.06 bits per heavy atom. The monoisotopic (exact) mass is 856 g/mol. The fraction of sp³-hybridized carbons (Fsp3) is 0.383. The molecule has 1 saturated carbocycles. The SMILES string of the molecule is CN/C=C(\C=N)CN1CCN(C2CC3(CCN(c4ccc(C(=O)NSc5ccc(NC)c([N+](=O)[O-])c5)c(Oc5cnc6[nH]ccc6c5)c4)CC3)C2)C(c2ccccc2C(C)C)C1. The summed E-state index contributed by atoms with van der Waals surface area (Å²) < 4.78 is 9.31. The minimum absolute atomic E-state index is 0.0732. The molecule has 2 saturated heterocycles. The predicted molar refractivity (Wildman–Crippen MR) is 248 cm³/mol. The minimum atomic E-state index is -0.448. The van der Waals surface area contributed by atoms with Gasteiger partial charge in [0.1, 0.15) is 22.8 Å². The fourth-order valence-corrected chi connectivity index (χ4v) is 10.3. The average Bonchev–Trinajstić information content (AvgIpc) is 3.75. The van der Waals surface area contributed by atoms with Crippen LogP contribution in [0, 0.1) is 20.9 Å². The highest BCUT2D eigenvalue weighted by molar-refractivity contribution is 7.98. The Labute approximate surface area is 367 Å². The van der Waals surface area contributed by atoms with Gasteiger partial charge >= 0.3 is 0 Å². The summed E-state index contributed by atoms with van der Waals surface area (Å²) in [4.78, 5) is 40.8. The first-order valence-electron chi connectivity index (χ1n) is 21.4. The Bertz CT molecular complexity index is 2450. The molecule has 15 heteroatoms. The standard InChI is InChI=1S/C47H56N10O4S/c1-31(2)38-7-5-6-8-39(38)43-30-54(29-32(26-48)27-49-3)19-20-56(43)35-24-47(25-35)14-17-55(18-15-47)34-9-11-40(44(22-34)61-36-21-33-13-16-51-45(33)52-28-36)46(58)53-62-37-10-12-41(50-4)42(23-37)57(59)60/h5-13,16,21-23,26-28,31,35,43,48-50H,14-15,17-20,24-25,29-30H2,1-4H3,(H,51,52)(H,53,58)/b32-27+,48-26?. The van der Waals surface area contributed by atoms with E-state index in [0.29, 0.717) is 51.1 Å². The van der Waals surface area contributed by atoms with Crippen molar-refractivity contribution in [3.8, 4) is 11.5 Å². The van der Waals surface area contributed by atoms with Crippen molar-refractivity contribution in [1.82, 2.24) is 29.8 Å². The van der Waals surface area contributed by atoms with Gasteiger partial charge in [-0.1, -0.05) is 38.1 Å². The molecule has 1 aliphatic carbocycles. The number of piperidine rings is 1. The molecule has 2 aliphatic heterocycles. The van der Waals surface area contributed by atoms with Crippen molar-refractivity contribution in [3.05, 3.63) is 124 Å². The van der Waals surface area contributed by atoms with Gasteiger partial charge in [0.15, 0.2) is 0 Å². The molecule has 1 amide bonds. The zero-order valence-electron chi connectivity index (χ0n) is 35.8. The van der Waals surface area contributed by atoms with Gasteiger partial charge in [0.2, 0.25) is 0 Å². The largest absolute Gasteiger partial charge is 0.455 e. The number of nitrogens with one attached hydrogen (secondary N) is 5. The van der Waals surface area contributed by atoms with Crippen LogP contribution in [0.2, 0.25) is 0 Å². The summed E-state index contributed by atoms with van der Waals surface area (Å²) in [7, 11) is 3.52. The number of nitro groups is 1. The second kappa shape index (κ2) is 18.6. The summed E-state index contributed by atoms with van der Waals surface area (Å²) >= 11 is 1.02. The zero-order valence-corrected chi connectivity index (χ0v) is 36.6. The number of nitro benzene ring substituents is 1. The van der Waals surface area contributed by atoms with Gasteiger partial charge < -0.3 is 30.7 Å². The van der Waals surface area contributed by atoms with Crippen molar-refractivity contribution in [1.29, 1.82) is 5.41 Å². The van der Waals surface area contributed by atoms with Gasteiger partial charge in [-0.2, -0.15) is 0 Å². The van der Waals surface area contributed by atoms with Crippen LogP contribution in [0.15, 0.2) is 102 Å². The van der Waals surface area contributed by atoms with Gasteiger partial charge in [0.25, 0.3) is 11.6 Å². The summed E-state index contributed by atoms with van der Waals surface area (Å²) in [6.07, 6.45) is 11.4. The maximum atomic E-state index is 13.8. The van der Waals surface area contributed by atoms with Gasteiger partial charge in [-0.05, 0) is 102 Å². The van der Waals surface area contributed by atoms with E-state index in [2.05, 4.69) is 78.1 Å². The lowest BCUT2D eigenvalue weighted by Gasteiger charge is -2.58. The second-order valence-corrected chi connectivity index (χ2v) is 17.9. The van der Waals surface area contributed by atoms with Crippen LogP contribution < -0.4 is 25.0 Å². The quantitative estimate of drug-likeness (QED) is 0.0296. The second-order valence-electron chi connectivity index (χ2n) is 17.1. The molecule has 1 atom stereocenters. The molecule has 324 valence electrons. The molecular weight excluding hydrogens is 801 g/mol. The Morgan fingerprint density at radius 3 is 2.61 bits per heavy atom. The van der Waals surface area contributed by atoms with E-state index < -0.39 is 4.92 Å². The number of benzene rings is 3. The van der Waals surface area contributed by atoms with E-state index in [1.54, 1.807) is 31.4 Å². The van der Waals surface area contributed by atoms with E-state index in [9.17, 15) is 14.9 Å². The number of aromatic amines is 1. The number of hydrogen-bond donors (Lipinski definition) is 5. The molecule has 3 fully saturated rings. The topological polar surface area (TPSA) is 168 Å². The van der Waals surface area contributed by atoms with E-state index in [-0.39, 0.29) is 11.6 Å². The molecule has 1 spiro atoms. The molecule has 3 aliphatic rings. The van der Waals surface area contributed by atoms with Gasteiger partial charge in [-0.3, -0.25) is 29.4 Å². The van der Waals surface area contributed by atoms with E-state index in [1.165, 1.54) is 36.2 Å². The highest BCUT2D eigenvalue weighted by atomic mass is 32.2. The van der Waals surface area contributed by atoms with Crippen LogP contribution in [-0.2, 0) is 0 Å². The van der Waals surface area contributed by atoms with Crippen LogP contribution in [0.4, 0.5) is 17.1 Å². The average molecular weight is 857 g/mol. The van der Waals surface area contributed by atoms with Crippen molar-refractivity contribution >= 4 is 52.2 Å². The molecule has 8 rings (SSSR count). The predicted octanol–water partition coefficient (Wildman–Crippen LogP) is 8.73. The van der Waals surface area contributed by atoms with Gasteiger partial charge in [-0.25, -0.2) is 4.98 Å². The summed E-state index contributed by atoms with van der Waals surface area (Å²) in [5, 5.41) is 26.5. The van der Waals surface area contributed by atoms with Gasteiger partial charge in [-0.15, -0.1) is 0 Å². The Kier molecular flexibility index (Phi) is 12.8. The molecule has 5 aromatic rings. The van der Waals surface area contributed by atoms with Crippen LogP contribution in [0.5, 0.6) is 11.5 Å². The molecule has 1 unspecified atom stereocenters. The molecule has 0 bridgehead atoms. The zero-order chi connectivity index (χ0) is 43.4. The third kappa shape index (κ3) is 9.15. The number of anilines is 2. The Hall–Kier alpha value is -5.90. The molecular formula is C47H56N10O4S. The summed E-state index contributed by atoms with van der Waals surface area (Å²) in [5.74, 6) is 0.957. The van der Waals surface area contributed by atoms with Gasteiger partial charge in [0.05, 0.1) is 16.7 Å². The first-order chi connectivity index (χ1) is 30.1. The van der Waals surface area contributed by atoms with Crippen LogP contribution in [0.3, 0.4) is 0 Å². The van der Waals surface area contributed by atoms with Crippen LogP contribution in [0.25, 0.3) is 11.0 Å². The number of pyridine rings is 1. The molecule has 62 heavy (non-hydrogen) atoms. The number of ether oxygens (including phenoxy) is 1. The van der Waals surface area contributed by atoms with E-state index in [0.717, 1.165) is 86.4 Å². The fourth-order valence-electron chi connectivity index (χ4n) is 9.63. The van der Waals surface area contributed by atoms with Crippen molar-refractivity contribution < 1.29 is 14.5 Å². The number of fused-ring (bicyclic) bond motifs is 1. The number of carbonyl (C=O) groups is 1. The van der Waals surface area contributed by atoms with Crippen molar-refractivity contribution in [2.75, 3.05) is 63.6 Å². The number of hydrogen-bond acceptors (Lipinski definition) is 12. The van der Waals surface area contributed by atoms with Crippen molar-refractivity contribution in [2.24, 2.45) is 5.41 Å². The number of piperazine rings is 1. The summed E-state index contributed by atoms with van der Waals surface area (Å²) in [6, 6.07) is 24.1. The van der Waals surface area contributed by atoms with Crippen LogP contribution in [0.1, 0.15) is 73.0 Å². The molecule has 2 aromatic heterocycles. The lowest BCUT2D eigenvalue weighted by atomic mass is 9.59. The Balaban J connectivity index is 0.965. The third-order valence-electron chi connectivity index (χ3n) is 12.9. The van der Waals surface area contributed by atoms with E-state index in [4.69, 9.17) is 10.1 Å². The summed E-state index contributed by atoms with van der Waals surface area (Å²) in [6.45, 7) is 10.1. The van der Waals surface area contributed by atoms with E-state index >= 15 is 0 Å². The summed E-state index contributed by atoms with van der Waals surface area (Å²) in [5.41, 5.74) is 6.53.